The standard InChI is InChI=1S/C25H31NO4/c1-6-26-23(29)18-9-8-17(14-21(18)27)30-15-22(28)16-7-10-19-20(13-16)25(4,5)12-11-24(19,2)3/h7-10,13-14,27H,6,11-12,15H2,1-5H3,(H,26,29). The third-order valence-corrected chi connectivity index (χ3v) is 6.10. The van der Waals surface area contributed by atoms with Crippen LogP contribution in [0.1, 0.15) is 79.3 Å². The van der Waals surface area contributed by atoms with Crippen molar-refractivity contribution in [2.24, 2.45) is 0 Å². The number of phenols is 1. The molecule has 1 aliphatic rings. The number of hydrogen-bond donors (Lipinski definition) is 2. The van der Waals surface area contributed by atoms with E-state index in [4.69, 9.17) is 4.74 Å². The number of carbonyl (C=O) groups is 2. The lowest BCUT2D eigenvalue weighted by Crippen LogP contribution is -2.34. The number of nitrogens with one attached hydrogen (secondary N) is 1. The van der Waals surface area contributed by atoms with E-state index in [9.17, 15) is 14.7 Å². The summed E-state index contributed by atoms with van der Waals surface area (Å²) in [5.41, 5.74) is 3.47. The fraction of sp³-hybridized carbons (Fsp3) is 0.440. The predicted octanol–water partition coefficient (Wildman–Crippen LogP) is 4.75. The first-order chi connectivity index (χ1) is 14.0. The molecular weight excluding hydrogens is 378 g/mol. The van der Waals surface area contributed by atoms with Gasteiger partial charge in [0.15, 0.2) is 12.4 Å². The Kier molecular flexibility index (Phi) is 5.93. The molecule has 2 aromatic rings. The molecule has 30 heavy (non-hydrogen) atoms. The van der Waals surface area contributed by atoms with Gasteiger partial charge in [0.25, 0.3) is 5.91 Å². The SMILES string of the molecule is CCNC(=O)c1ccc(OCC(=O)c2ccc3c(c2)C(C)(C)CCC3(C)C)cc1O. The molecular formula is C25H31NO4. The van der Waals surface area contributed by atoms with Crippen LogP contribution in [-0.4, -0.2) is 29.9 Å². The van der Waals surface area contributed by atoms with Crippen LogP contribution < -0.4 is 10.1 Å². The van der Waals surface area contributed by atoms with Gasteiger partial charge in [-0.3, -0.25) is 9.59 Å². The molecule has 1 amide bonds. The molecule has 0 aromatic heterocycles. The average molecular weight is 410 g/mol. The van der Waals surface area contributed by atoms with E-state index < -0.39 is 0 Å². The molecule has 0 atom stereocenters. The van der Waals surface area contributed by atoms with Crippen LogP contribution >= 0.6 is 0 Å². The summed E-state index contributed by atoms with van der Waals surface area (Å²) in [6.45, 7) is 11.1. The first kappa shape index (κ1) is 21.9. The molecule has 0 heterocycles. The summed E-state index contributed by atoms with van der Waals surface area (Å²) in [6, 6.07) is 10.4. The molecule has 1 aliphatic carbocycles. The summed E-state index contributed by atoms with van der Waals surface area (Å²) in [6.07, 6.45) is 2.21. The highest BCUT2D eigenvalue weighted by atomic mass is 16.5. The van der Waals surface area contributed by atoms with Crippen LogP contribution in [0.3, 0.4) is 0 Å². The Morgan fingerprint density at radius 1 is 1.00 bits per heavy atom. The van der Waals surface area contributed by atoms with Crippen molar-refractivity contribution in [3.63, 3.8) is 0 Å². The lowest BCUT2D eigenvalue weighted by atomic mass is 9.63. The quantitative estimate of drug-likeness (QED) is 0.675. The predicted molar refractivity (Wildman–Crippen MR) is 118 cm³/mol. The molecule has 0 unspecified atom stereocenters. The van der Waals surface area contributed by atoms with Crippen molar-refractivity contribution < 1.29 is 19.4 Å². The molecule has 2 aromatic carbocycles. The first-order valence-electron chi connectivity index (χ1n) is 10.5. The van der Waals surface area contributed by atoms with Crippen LogP contribution in [0.5, 0.6) is 11.5 Å². The lowest BCUT2D eigenvalue weighted by Gasteiger charge is -2.42. The normalized spacial score (nSPS) is 16.4. The highest BCUT2D eigenvalue weighted by Gasteiger charge is 2.37. The molecule has 0 spiro atoms. The summed E-state index contributed by atoms with van der Waals surface area (Å²) in [4.78, 5) is 24.6. The van der Waals surface area contributed by atoms with E-state index in [0.29, 0.717) is 17.9 Å². The third kappa shape index (κ3) is 4.35. The van der Waals surface area contributed by atoms with Gasteiger partial charge in [0.05, 0.1) is 5.56 Å². The lowest BCUT2D eigenvalue weighted by molar-refractivity contribution is 0.0917. The second-order valence-electron chi connectivity index (χ2n) is 9.28. The van der Waals surface area contributed by atoms with Gasteiger partial charge in [-0.2, -0.15) is 0 Å². The van der Waals surface area contributed by atoms with Crippen molar-refractivity contribution in [1.29, 1.82) is 0 Å². The first-order valence-corrected chi connectivity index (χ1v) is 10.5. The van der Waals surface area contributed by atoms with E-state index in [-0.39, 0.29) is 40.4 Å². The van der Waals surface area contributed by atoms with Crippen LogP contribution in [0.2, 0.25) is 0 Å². The van der Waals surface area contributed by atoms with E-state index >= 15 is 0 Å². The van der Waals surface area contributed by atoms with E-state index in [0.717, 1.165) is 12.8 Å². The fourth-order valence-electron chi connectivity index (χ4n) is 4.04. The topological polar surface area (TPSA) is 75.6 Å². The monoisotopic (exact) mass is 409 g/mol. The molecule has 5 nitrogen and oxygen atoms in total. The summed E-state index contributed by atoms with van der Waals surface area (Å²) < 4.78 is 5.59. The van der Waals surface area contributed by atoms with E-state index in [1.807, 2.05) is 12.1 Å². The number of ketones is 1. The third-order valence-electron chi connectivity index (χ3n) is 6.10. The van der Waals surface area contributed by atoms with E-state index in [1.54, 1.807) is 13.0 Å². The molecule has 0 fully saturated rings. The molecule has 3 rings (SSSR count). The largest absolute Gasteiger partial charge is 0.507 e. The maximum atomic E-state index is 12.8. The number of phenolic OH excluding ortho intramolecular Hbond substituents is 1. The smallest absolute Gasteiger partial charge is 0.255 e. The average Bonchev–Trinajstić information content (AvgIpc) is 2.69. The van der Waals surface area contributed by atoms with Gasteiger partial charge in [0.1, 0.15) is 11.5 Å². The summed E-state index contributed by atoms with van der Waals surface area (Å²) in [7, 11) is 0. The summed E-state index contributed by atoms with van der Waals surface area (Å²) >= 11 is 0. The number of carbonyl (C=O) groups excluding carboxylic acids is 2. The number of amides is 1. The second kappa shape index (κ2) is 8.13. The number of Topliss-reactive ketones (excluding diaryl/α,β-unsaturated/α-hetero) is 1. The van der Waals surface area contributed by atoms with E-state index in [1.165, 1.54) is 23.3 Å². The Hall–Kier alpha value is -2.82. The van der Waals surface area contributed by atoms with Crippen molar-refractivity contribution in [2.45, 2.75) is 58.3 Å². The highest BCUT2D eigenvalue weighted by Crippen LogP contribution is 2.45. The Balaban J connectivity index is 1.75. The molecule has 0 aliphatic heterocycles. The Bertz CT molecular complexity index is 975. The van der Waals surface area contributed by atoms with Gasteiger partial charge < -0.3 is 15.2 Å². The zero-order valence-corrected chi connectivity index (χ0v) is 18.5. The van der Waals surface area contributed by atoms with Crippen LogP contribution in [0.25, 0.3) is 0 Å². The molecule has 0 bridgehead atoms. The van der Waals surface area contributed by atoms with Gasteiger partial charge in [-0.25, -0.2) is 0 Å². The minimum Gasteiger partial charge on any atom is -0.507 e. The van der Waals surface area contributed by atoms with Crippen molar-refractivity contribution in [3.05, 3.63) is 58.7 Å². The zero-order chi connectivity index (χ0) is 22.1. The van der Waals surface area contributed by atoms with Crippen LogP contribution in [-0.2, 0) is 10.8 Å². The zero-order valence-electron chi connectivity index (χ0n) is 18.5. The van der Waals surface area contributed by atoms with Gasteiger partial charge in [0.2, 0.25) is 0 Å². The van der Waals surface area contributed by atoms with Gasteiger partial charge in [-0.05, 0) is 59.9 Å². The van der Waals surface area contributed by atoms with E-state index in [2.05, 4.69) is 39.1 Å². The Morgan fingerprint density at radius 2 is 1.67 bits per heavy atom. The number of hydrogen-bond acceptors (Lipinski definition) is 4. The number of benzene rings is 2. The van der Waals surface area contributed by atoms with Crippen molar-refractivity contribution in [3.8, 4) is 11.5 Å². The number of ether oxygens (including phenoxy) is 1. The maximum absolute atomic E-state index is 12.8. The molecule has 5 heteroatoms. The maximum Gasteiger partial charge on any atom is 0.255 e. The minimum absolute atomic E-state index is 0.0304. The Labute approximate surface area is 178 Å². The van der Waals surface area contributed by atoms with Crippen LogP contribution in [0.15, 0.2) is 36.4 Å². The fourth-order valence-corrected chi connectivity index (χ4v) is 4.04. The van der Waals surface area contributed by atoms with Crippen molar-refractivity contribution in [1.82, 2.24) is 5.32 Å². The van der Waals surface area contributed by atoms with Crippen molar-refractivity contribution in [2.75, 3.05) is 13.2 Å². The van der Waals surface area contributed by atoms with Gasteiger partial charge >= 0.3 is 0 Å². The van der Waals surface area contributed by atoms with Crippen LogP contribution in [0.4, 0.5) is 0 Å². The Morgan fingerprint density at radius 3 is 2.30 bits per heavy atom. The van der Waals surface area contributed by atoms with Crippen LogP contribution in [0, 0.1) is 0 Å². The summed E-state index contributed by atoms with van der Waals surface area (Å²) in [5, 5.41) is 12.7. The molecule has 2 N–H and O–H groups in total. The van der Waals surface area contributed by atoms with Crippen molar-refractivity contribution >= 4 is 11.7 Å². The second-order valence-corrected chi connectivity index (χ2v) is 9.28. The summed E-state index contributed by atoms with van der Waals surface area (Å²) in [5.74, 6) is -0.307. The number of aromatic hydroxyl groups is 1. The highest BCUT2D eigenvalue weighted by molar-refractivity contribution is 5.98. The van der Waals surface area contributed by atoms with Gasteiger partial charge in [-0.1, -0.05) is 39.8 Å². The minimum atomic E-state index is -0.350. The molecule has 0 radical (unpaired) electrons. The molecule has 160 valence electrons. The number of rotatable bonds is 6. The van der Waals surface area contributed by atoms with Gasteiger partial charge in [0, 0.05) is 18.2 Å². The number of fused-ring (bicyclic) bond motifs is 1. The molecule has 0 saturated carbocycles. The molecule has 0 saturated heterocycles. The van der Waals surface area contributed by atoms with Gasteiger partial charge in [-0.15, -0.1) is 0 Å².